The first kappa shape index (κ1) is 39.5. The number of aromatic carboxylic acids is 3. The average molecular weight is 711 g/mol. The number of nitrogens with zero attached hydrogens (tertiary/aromatic N) is 4. The SMILES string of the molecule is C1COCC[NH2+]1.CC#N.O=C([O-])c1ccc2ccccc2n1.O=C([O-])c1ccc2ccccc2n1.O=C([O-])c1ccc2ccccc2n1.[Zn+2]. The molecule has 0 unspecified atom stereocenters. The number of aromatic nitrogens is 3. The van der Waals surface area contributed by atoms with Crippen LogP contribution in [-0.2, 0) is 24.2 Å². The summed E-state index contributed by atoms with van der Waals surface area (Å²) < 4.78 is 5.04. The Morgan fingerprint density at radius 2 is 0.878 bits per heavy atom. The van der Waals surface area contributed by atoms with Gasteiger partial charge in [0.2, 0.25) is 0 Å². The summed E-state index contributed by atoms with van der Waals surface area (Å²) in [7, 11) is 0. The number of benzene rings is 3. The molecule has 244 valence electrons. The van der Waals surface area contributed by atoms with E-state index in [9.17, 15) is 29.7 Å². The molecule has 0 atom stereocenters. The number of fused-ring (bicyclic) bond motifs is 3. The van der Waals surface area contributed by atoms with Gasteiger partial charge in [-0.05, 0) is 36.4 Å². The second-order valence-corrected chi connectivity index (χ2v) is 9.73. The molecule has 0 bridgehead atoms. The van der Waals surface area contributed by atoms with Gasteiger partial charge in [0.15, 0.2) is 0 Å². The number of hydrogen-bond acceptors (Lipinski definition) is 11. The molecule has 2 N–H and O–H groups in total. The van der Waals surface area contributed by atoms with Crippen molar-refractivity contribution in [1.82, 2.24) is 15.0 Å². The number of nitrogens with two attached hydrogens (primary N) is 1. The summed E-state index contributed by atoms with van der Waals surface area (Å²) in [5.41, 5.74) is 1.92. The standard InChI is InChI=1S/3C10H7NO2.C4H9NO.C2H3N.Zn/c3*12-10(13)9-6-5-7-3-1-2-4-8(7)11-9;1-3-6-4-2-5-1;1-2-3;/h3*1-6H,(H,12,13);5H,1-4H2;1H3;/q;;;;;+2/p-2. The molecule has 0 saturated carbocycles. The summed E-state index contributed by atoms with van der Waals surface area (Å²) in [6, 6.07) is 33.2. The number of rotatable bonds is 3. The van der Waals surface area contributed by atoms with E-state index in [-0.39, 0.29) is 36.6 Å². The zero-order valence-electron chi connectivity index (χ0n) is 26.7. The van der Waals surface area contributed by atoms with Gasteiger partial charge in [-0.1, -0.05) is 72.8 Å². The fourth-order valence-electron chi connectivity index (χ4n) is 4.12. The van der Waals surface area contributed by atoms with Gasteiger partial charge in [-0.15, -0.1) is 0 Å². The molecule has 0 radical (unpaired) electrons. The van der Waals surface area contributed by atoms with Crippen LogP contribution < -0.4 is 20.6 Å². The molecule has 3 aromatic carbocycles. The number of ether oxygens (including phenoxy) is 1. The third-order valence-corrected chi connectivity index (χ3v) is 6.36. The second kappa shape index (κ2) is 21.3. The maximum Gasteiger partial charge on any atom is 2.00 e. The number of nitriles is 1. The Bertz CT molecular complexity index is 1810. The molecule has 0 spiro atoms. The Hall–Kier alpha value is -5.67. The van der Waals surface area contributed by atoms with Crippen LogP contribution in [0.2, 0.25) is 0 Å². The van der Waals surface area contributed by atoms with E-state index in [1.165, 1.54) is 25.1 Å². The third-order valence-electron chi connectivity index (χ3n) is 6.36. The van der Waals surface area contributed by atoms with E-state index in [1.54, 1.807) is 42.5 Å². The zero-order chi connectivity index (χ0) is 34.7. The van der Waals surface area contributed by atoms with Crippen LogP contribution in [0.25, 0.3) is 32.7 Å². The Labute approximate surface area is 294 Å². The first-order valence-electron chi connectivity index (χ1n) is 14.6. The second-order valence-electron chi connectivity index (χ2n) is 9.73. The molecule has 13 heteroatoms. The van der Waals surface area contributed by atoms with Crippen molar-refractivity contribution in [2.75, 3.05) is 26.3 Å². The summed E-state index contributed by atoms with van der Waals surface area (Å²) in [4.78, 5) is 43.2. The van der Waals surface area contributed by atoms with Crippen molar-refractivity contribution in [1.29, 1.82) is 5.26 Å². The number of carbonyl (C=O) groups is 3. The molecular formula is C36H31N5O7Zn. The molecule has 1 aliphatic heterocycles. The summed E-state index contributed by atoms with van der Waals surface area (Å²) in [5.74, 6) is -3.73. The number of morpholine rings is 1. The molecule has 12 nitrogen and oxygen atoms in total. The normalized spacial score (nSPS) is 11.2. The first-order chi connectivity index (χ1) is 23.2. The Balaban J connectivity index is 0.000000225. The number of pyridine rings is 3. The fraction of sp³-hybridized carbons (Fsp3) is 0.139. The third kappa shape index (κ3) is 13.2. The minimum atomic E-state index is -1.24. The number of hydrogen-bond donors (Lipinski definition) is 1. The quantitative estimate of drug-likeness (QED) is 0.255. The van der Waals surface area contributed by atoms with Gasteiger partial charge in [-0.25, -0.2) is 15.0 Å². The monoisotopic (exact) mass is 709 g/mol. The van der Waals surface area contributed by atoms with Crippen LogP contribution in [-0.4, -0.2) is 59.2 Å². The van der Waals surface area contributed by atoms with E-state index in [4.69, 9.17) is 10.00 Å². The summed E-state index contributed by atoms with van der Waals surface area (Å²) in [6.45, 7) is 5.62. The van der Waals surface area contributed by atoms with E-state index < -0.39 is 17.9 Å². The van der Waals surface area contributed by atoms with Crippen molar-refractivity contribution < 1.29 is 59.2 Å². The smallest absolute Gasteiger partial charge is 0.543 e. The van der Waals surface area contributed by atoms with E-state index >= 15 is 0 Å². The van der Waals surface area contributed by atoms with Crippen molar-refractivity contribution in [2.24, 2.45) is 0 Å². The maximum absolute atomic E-state index is 10.5. The van der Waals surface area contributed by atoms with Crippen LogP contribution in [0.3, 0.4) is 0 Å². The fourth-order valence-corrected chi connectivity index (χ4v) is 4.12. The van der Waals surface area contributed by atoms with Gasteiger partial charge in [0.05, 0.1) is 83.9 Å². The Morgan fingerprint density at radius 3 is 1.10 bits per heavy atom. The van der Waals surface area contributed by atoms with Crippen molar-refractivity contribution in [3.63, 3.8) is 0 Å². The van der Waals surface area contributed by atoms with E-state index in [1.807, 2.05) is 54.6 Å². The summed E-state index contributed by atoms with van der Waals surface area (Å²) in [6.07, 6.45) is 0. The van der Waals surface area contributed by atoms with Gasteiger partial charge >= 0.3 is 19.5 Å². The van der Waals surface area contributed by atoms with Crippen LogP contribution in [0.4, 0.5) is 0 Å². The number of carbonyl (C=O) groups excluding carboxylic acids is 3. The average Bonchev–Trinajstić information content (AvgIpc) is 3.13. The van der Waals surface area contributed by atoms with Crippen molar-refractivity contribution >= 4 is 50.6 Å². The molecule has 0 amide bonds. The van der Waals surface area contributed by atoms with Gasteiger partial charge < -0.3 is 39.8 Å². The predicted molar refractivity (Wildman–Crippen MR) is 172 cm³/mol. The number of para-hydroxylation sites is 3. The van der Waals surface area contributed by atoms with Crippen molar-refractivity contribution in [2.45, 2.75) is 6.92 Å². The first-order valence-corrected chi connectivity index (χ1v) is 14.6. The molecule has 1 fully saturated rings. The zero-order valence-corrected chi connectivity index (χ0v) is 29.6. The van der Waals surface area contributed by atoms with Gasteiger partial charge in [-0.3, -0.25) is 0 Å². The van der Waals surface area contributed by atoms with Crippen LogP contribution in [0.5, 0.6) is 0 Å². The molecule has 0 aliphatic carbocycles. The number of carboxylic acid groups (broad SMARTS) is 3. The van der Waals surface area contributed by atoms with Crippen LogP contribution in [0, 0.1) is 11.3 Å². The molecule has 6 aromatic rings. The van der Waals surface area contributed by atoms with Crippen molar-refractivity contribution in [3.8, 4) is 6.07 Å². The van der Waals surface area contributed by atoms with Gasteiger partial charge in [0.1, 0.15) is 0 Å². The Morgan fingerprint density at radius 1 is 0.592 bits per heavy atom. The molecule has 3 aromatic heterocycles. The molecule has 1 aliphatic rings. The van der Waals surface area contributed by atoms with Gasteiger partial charge in [0, 0.05) is 23.1 Å². The number of quaternary nitrogens is 1. The van der Waals surface area contributed by atoms with Gasteiger partial charge in [0.25, 0.3) is 0 Å². The van der Waals surface area contributed by atoms with E-state index in [0.717, 1.165) is 42.5 Å². The van der Waals surface area contributed by atoms with Crippen LogP contribution in [0.1, 0.15) is 38.4 Å². The summed E-state index contributed by atoms with van der Waals surface area (Å²) >= 11 is 0. The van der Waals surface area contributed by atoms with Crippen LogP contribution in [0.15, 0.2) is 109 Å². The molecule has 7 rings (SSSR count). The largest absolute Gasteiger partial charge is 2.00 e. The van der Waals surface area contributed by atoms with E-state index in [0.29, 0.717) is 16.6 Å². The predicted octanol–water partition coefficient (Wildman–Crippen LogP) is 0.902. The van der Waals surface area contributed by atoms with Crippen LogP contribution >= 0.6 is 0 Å². The molecule has 4 heterocycles. The van der Waals surface area contributed by atoms with Gasteiger partial charge in [-0.2, -0.15) is 5.26 Å². The van der Waals surface area contributed by atoms with Crippen molar-refractivity contribution in [3.05, 3.63) is 126 Å². The minimum absolute atomic E-state index is 0. The minimum Gasteiger partial charge on any atom is -0.543 e. The topological polar surface area (TPSA) is 209 Å². The number of carboxylic acids is 3. The molecular weight excluding hydrogens is 680 g/mol. The Kier molecular flexibility index (Phi) is 17.1. The maximum atomic E-state index is 10.5. The van der Waals surface area contributed by atoms with E-state index in [2.05, 4.69) is 20.3 Å². The summed E-state index contributed by atoms with van der Waals surface area (Å²) in [5, 5.41) is 43.8. The molecule has 49 heavy (non-hydrogen) atoms. The molecule has 1 saturated heterocycles.